The van der Waals surface area contributed by atoms with E-state index >= 15 is 0 Å². The monoisotopic (exact) mass is 392 g/mol. The third-order valence-electron chi connectivity index (χ3n) is 4.20. The van der Waals surface area contributed by atoms with Gasteiger partial charge in [-0.15, -0.1) is 0 Å². The number of hydrogen-bond donors (Lipinski definition) is 1. The summed E-state index contributed by atoms with van der Waals surface area (Å²) in [4.78, 5) is 37.8. The molecular weight excluding hydrogens is 364 g/mol. The van der Waals surface area contributed by atoms with E-state index in [0.29, 0.717) is 37.4 Å². The molecule has 8 heteroatoms. The Balaban J connectivity index is 1.72. The SMILES string of the molecule is COc1ccc(NC(=O)COC(=O)C2CCN(C(=O)OC(C)(C)C)CC2)cc1. The van der Waals surface area contributed by atoms with E-state index in [1.807, 2.05) is 20.8 Å². The van der Waals surface area contributed by atoms with Crippen LogP contribution in [0, 0.1) is 5.92 Å². The predicted octanol–water partition coefficient (Wildman–Crippen LogP) is 2.82. The van der Waals surface area contributed by atoms with Gasteiger partial charge in [0.05, 0.1) is 13.0 Å². The maximum absolute atomic E-state index is 12.2. The fourth-order valence-electron chi connectivity index (χ4n) is 2.75. The van der Waals surface area contributed by atoms with Gasteiger partial charge in [0, 0.05) is 18.8 Å². The number of hydrogen-bond acceptors (Lipinski definition) is 6. The molecule has 0 spiro atoms. The van der Waals surface area contributed by atoms with Crippen LogP contribution in [0.3, 0.4) is 0 Å². The number of anilines is 1. The molecule has 0 aliphatic carbocycles. The minimum absolute atomic E-state index is 0.326. The normalized spacial score (nSPS) is 14.9. The number of esters is 1. The predicted molar refractivity (Wildman–Crippen MR) is 103 cm³/mol. The van der Waals surface area contributed by atoms with Gasteiger partial charge >= 0.3 is 12.1 Å². The molecule has 1 saturated heterocycles. The highest BCUT2D eigenvalue weighted by atomic mass is 16.6. The number of methoxy groups -OCH3 is 1. The van der Waals surface area contributed by atoms with Crippen molar-refractivity contribution in [1.29, 1.82) is 0 Å². The van der Waals surface area contributed by atoms with Crippen molar-refractivity contribution in [2.45, 2.75) is 39.2 Å². The fourth-order valence-corrected chi connectivity index (χ4v) is 2.75. The van der Waals surface area contributed by atoms with Crippen molar-refractivity contribution in [3.05, 3.63) is 24.3 Å². The Morgan fingerprint density at radius 1 is 1.11 bits per heavy atom. The molecule has 1 aliphatic heterocycles. The summed E-state index contributed by atoms with van der Waals surface area (Å²) in [7, 11) is 1.56. The van der Waals surface area contributed by atoms with E-state index in [0.717, 1.165) is 0 Å². The van der Waals surface area contributed by atoms with Gasteiger partial charge < -0.3 is 24.4 Å². The third kappa shape index (κ3) is 6.75. The zero-order chi connectivity index (χ0) is 20.7. The van der Waals surface area contributed by atoms with E-state index < -0.39 is 17.5 Å². The summed E-state index contributed by atoms with van der Waals surface area (Å²) in [6.45, 7) is 5.93. The summed E-state index contributed by atoms with van der Waals surface area (Å²) in [5.74, 6) is -0.479. The van der Waals surface area contributed by atoms with Crippen molar-refractivity contribution in [2.75, 3.05) is 32.1 Å². The Kier molecular flexibility index (Phi) is 7.25. The molecule has 8 nitrogen and oxygen atoms in total. The highest BCUT2D eigenvalue weighted by molar-refractivity contribution is 5.93. The lowest BCUT2D eigenvalue weighted by molar-refractivity contribution is -0.153. The van der Waals surface area contributed by atoms with E-state index in [4.69, 9.17) is 14.2 Å². The van der Waals surface area contributed by atoms with Gasteiger partial charge in [-0.25, -0.2) is 4.79 Å². The van der Waals surface area contributed by atoms with Crippen molar-refractivity contribution < 1.29 is 28.6 Å². The molecule has 0 radical (unpaired) electrons. The number of benzene rings is 1. The second kappa shape index (κ2) is 9.43. The molecule has 1 aromatic carbocycles. The summed E-state index contributed by atoms with van der Waals surface area (Å²) < 4.78 is 15.5. The van der Waals surface area contributed by atoms with Crippen LogP contribution in [0.25, 0.3) is 0 Å². The van der Waals surface area contributed by atoms with E-state index in [1.54, 1.807) is 36.3 Å². The Labute approximate surface area is 165 Å². The van der Waals surface area contributed by atoms with Crippen LogP contribution in [0.4, 0.5) is 10.5 Å². The Morgan fingerprint density at radius 2 is 1.71 bits per heavy atom. The standard InChI is InChI=1S/C20H28N2O6/c1-20(2,3)28-19(25)22-11-9-14(10-12-22)18(24)27-13-17(23)21-15-5-7-16(26-4)8-6-15/h5-8,14H,9-13H2,1-4H3,(H,21,23). The van der Waals surface area contributed by atoms with E-state index in [1.165, 1.54) is 0 Å². The van der Waals surface area contributed by atoms with Gasteiger partial charge in [0.15, 0.2) is 6.61 Å². The molecule has 1 heterocycles. The summed E-state index contributed by atoms with van der Waals surface area (Å²) in [6.07, 6.45) is 0.592. The molecule has 0 unspecified atom stereocenters. The second-order valence-electron chi connectivity index (χ2n) is 7.63. The lowest BCUT2D eigenvalue weighted by Gasteiger charge is -2.32. The smallest absolute Gasteiger partial charge is 0.410 e. The van der Waals surface area contributed by atoms with Gasteiger partial charge in [0.1, 0.15) is 11.4 Å². The molecule has 1 aromatic rings. The maximum atomic E-state index is 12.2. The molecular formula is C20H28N2O6. The van der Waals surface area contributed by atoms with Crippen LogP contribution in [0.5, 0.6) is 5.75 Å². The highest BCUT2D eigenvalue weighted by Crippen LogP contribution is 2.21. The van der Waals surface area contributed by atoms with Crippen molar-refractivity contribution >= 4 is 23.7 Å². The maximum Gasteiger partial charge on any atom is 0.410 e. The first kappa shape index (κ1) is 21.5. The van der Waals surface area contributed by atoms with Crippen LogP contribution in [0.2, 0.25) is 0 Å². The number of carbonyl (C=O) groups is 3. The molecule has 154 valence electrons. The van der Waals surface area contributed by atoms with E-state index in [9.17, 15) is 14.4 Å². The van der Waals surface area contributed by atoms with Crippen molar-refractivity contribution in [1.82, 2.24) is 4.90 Å². The summed E-state index contributed by atoms with van der Waals surface area (Å²) in [6, 6.07) is 6.84. The van der Waals surface area contributed by atoms with Crippen molar-refractivity contribution in [2.24, 2.45) is 5.92 Å². The number of carbonyl (C=O) groups excluding carboxylic acids is 3. The second-order valence-corrected chi connectivity index (χ2v) is 7.63. The van der Waals surface area contributed by atoms with Gasteiger partial charge in [0.2, 0.25) is 0 Å². The molecule has 0 saturated carbocycles. The van der Waals surface area contributed by atoms with Gasteiger partial charge in [-0.3, -0.25) is 9.59 Å². The van der Waals surface area contributed by atoms with Crippen LogP contribution < -0.4 is 10.1 Å². The number of rotatable bonds is 5. The number of piperidine rings is 1. The first-order valence-corrected chi connectivity index (χ1v) is 9.26. The average Bonchev–Trinajstić information content (AvgIpc) is 2.65. The Hall–Kier alpha value is -2.77. The van der Waals surface area contributed by atoms with Crippen LogP contribution in [-0.4, -0.2) is 55.3 Å². The number of nitrogens with zero attached hydrogens (tertiary/aromatic N) is 1. The summed E-state index contributed by atoms with van der Waals surface area (Å²) in [5.41, 5.74) is 0.0388. The molecule has 1 aliphatic rings. The Morgan fingerprint density at radius 3 is 2.25 bits per heavy atom. The number of amides is 2. The quantitative estimate of drug-likeness (QED) is 0.775. The zero-order valence-electron chi connectivity index (χ0n) is 16.8. The minimum Gasteiger partial charge on any atom is -0.497 e. The first-order valence-electron chi connectivity index (χ1n) is 9.26. The summed E-state index contributed by atoms with van der Waals surface area (Å²) in [5, 5.41) is 2.65. The molecule has 2 rings (SSSR count). The lowest BCUT2D eigenvalue weighted by Crippen LogP contribution is -2.43. The fraction of sp³-hybridized carbons (Fsp3) is 0.550. The minimum atomic E-state index is -0.551. The Bertz CT molecular complexity index is 688. The van der Waals surface area contributed by atoms with Crippen LogP contribution in [0.1, 0.15) is 33.6 Å². The van der Waals surface area contributed by atoms with Gasteiger partial charge in [0.25, 0.3) is 5.91 Å². The summed E-state index contributed by atoms with van der Waals surface area (Å²) >= 11 is 0. The molecule has 0 atom stereocenters. The molecule has 28 heavy (non-hydrogen) atoms. The van der Waals surface area contributed by atoms with Gasteiger partial charge in [-0.1, -0.05) is 0 Å². The van der Waals surface area contributed by atoms with Gasteiger partial charge in [-0.2, -0.15) is 0 Å². The van der Waals surface area contributed by atoms with Crippen molar-refractivity contribution in [3.8, 4) is 5.75 Å². The zero-order valence-corrected chi connectivity index (χ0v) is 16.8. The van der Waals surface area contributed by atoms with Crippen LogP contribution in [0.15, 0.2) is 24.3 Å². The molecule has 1 fully saturated rings. The number of likely N-dealkylation sites (tertiary alicyclic amines) is 1. The van der Waals surface area contributed by atoms with Crippen LogP contribution >= 0.6 is 0 Å². The number of nitrogens with one attached hydrogen (secondary N) is 1. The van der Waals surface area contributed by atoms with E-state index in [-0.39, 0.29) is 18.6 Å². The average molecular weight is 392 g/mol. The topological polar surface area (TPSA) is 94.2 Å². The molecule has 0 aromatic heterocycles. The third-order valence-corrected chi connectivity index (χ3v) is 4.20. The van der Waals surface area contributed by atoms with E-state index in [2.05, 4.69) is 5.32 Å². The highest BCUT2D eigenvalue weighted by Gasteiger charge is 2.30. The van der Waals surface area contributed by atoms with Crippen LogP contribution in [-0.2, 0) is 19.1 Å². The van der Waals surface area contributed by atoms with Gasteiger partial charge in [-0.05, 0) is 57.9 Å². The molecule has 2 amide bonds. The van der Waals surface area contributed by atoms with Crippen molar-refractivity contribution in [3.63, 3.8) is 0 Å². The first-order chi connectivity index (χ1) is 13.2. The number of ether oxygens (including phenoxy) is 3. The molecule has 0 bridgehead atoms. The lowest BCUT2D eigenvalue weighted by atomic mass is 9.97. The molecule has 1 N–H and O–H groups in total. The largest absolute Gasteiger partial charge is 0.497 e.